The molecule has 0 atom stereocenters. The van der Waals surface area contributed by atoms with Gasteiger partial charge in [0.2, 0.25) is 0 Å². The van der Waals surface area contributed by atoms with Gasteiger partial charge in [-0.1, -0.05) is 13.3 Å². The Labute approximate surface area is 119 Å². The van der Waals surface area contributed by atoms with Crippen molar-refractivity contribution < 1.29 is 9.53 Å². The molecule has 3 rings (SSSR count). The lowest BCUT2D eigenvalue weighted by Gasteiger charge is -2.29. The summed E-state index contributed by atoms with van der Waals surface area (Å²) in [6.45, 7) is 2.39. The smallest absolute Gasteiger partial charge is 0.262 e. The van der Waals surface area contributed by atoms with Crippen molar-refractivity contribution in [3.8, 4) is 5.75 Å². The van der Waals surface area contributed by atoms with Crippen LogP contribution >= 0.6 is 0 Å². The van der Waals surface area contributed by atoms with Gasteiger partial charge in [-0.2, -0.15) is 0 Å². The Kier molecular flexibility index (Phi) is 3.81. The lowest BCUT2D eigenvalue weighted by molar-refractivity contribution is -0.118. The molecule has 4 heteroatoms. The molecule has 2 N–H and O–H groups in total. The first-order valence-corrected chi connectivity index (χ1v) is 7.58. The van der Waals surface area contributed by atoms with Crippen LogP contribution in [0.15, 0.2) is 18.2 Å². The highest BCUT2D eigenvalue weighted by Crippen LogP contribution is 2.33. The molecule has 0 bridgehead atoms. The predicted molar refractivity (Wildman–Crippen MR) is 80.2 cm³/mol. The molecule has 1 saturated carbocycles. The summed E-state index contributed by atoms with van der Waals surface area (Å²) < 4.78 is 5.37. The number of nitrogens with one attached hydrogen (secondary N) is 2. The summed E-state index contributed by atoms with van der Waals surface area (Å²) in [6.07, 6.45) is 6.41. The lowest BCUT2D eigenvalue weighted by atomic mass is 9.84. The van der Waals surface area contributed by atoms with Crippen LogP contribution in [0.4, 0.5) is 11.4 Å². The van der Waals surface area contributed by atoms with E-state index in [1.54, 1.807) is 0 Å². The van der Waals surface area contributed by atoms with Crippen LogP contribution in [0.25, 0.3) is 0 Å². The van der Waals surface area contributed by atoms with Crippen molar-refractivity contribution in [1.82, 2.24) is 0 Å². The molecule has 1 heterocycles. The van der Waals surface area contributed by atoms with Crippen molar-refractivity contribution in [3.05, 3.63) is 18.2 Å². The van der Waals surface area contributed by atoms with Crippen molar-refractivity contribution in [3.63, 3.8) is 0 Å². The maximum Gasteiger partial charge on any atom is 0.262 e. The Morgan fingerprint density at radius 3 is 2.85 bits per heavy atom. The van der Waals surface area contributed by atoms with Crippen LogP contribution < -0.4 is 15.4 Å². The minimum atomic E-state index is -0.0851. The zero-order valence-corrected chi connectivity index (χ0v) is 11.9. The number of hydrogen-bond donors (Lipinski definition) is 2. The van der Waals surface area contributed by atoms with Crippen LogP contribution in [-0.2, 0) is 4.79 Å². The number of carbonyl (C=O) groups excluding carboxylic acids is 1. The van der Waals surface area contributed by atoms with Gasteiger partial charge < -0.3 is 15.4 Å². The third-order valence-corrected chi connectivity index (χ3v) is 4.41. The minimum Gasteiger partial charge on any atom is -0.482 e. The number of carbonyl (C=O) groups is 1. The Bertz CT molecular complexity index is 493. The molecule has 0 spiro atoms. The predicted octanol–water partition coefficient (Wildman–Crippen LogP) is 3.40. The largest absolute Gasteiger partial charge is 0.482 e. The minimum absolute atomic E-state index is 0.0851. The van der Waals surface area contributed by atoms with Crippen LogP contribution in [0.3, 0.4) is 0 Å². The molecule has 1 amide bonds. The fourth-order valence-corrected chi connectivity index (χ4v) is 3.12. The summed E-state index contributed by atoms with van der Waals surface area (Å²) in [5.41, 5.74) is 1.84. The van der Waals surface area contributed by atoms with E-state index in [1.807, 2.05) is 18.2 Å². The quantitative estimate of drug-likeness (QED) is 0.888. The molecule has 1 aromatic carbocycles. The van der Waals surface area contributed by atoms with Crippen LogP contribution in [-0.4, -0.2) is 18.6 Å². The zero-order chi connectivity index (χ0) is 13.9. The molecule has 0 saturated heterocycles. The second-order valence-electron chi connectivity index (χ2n) is 5.82. The van der Waals surface area contributed by atoms with E-state index in [1.165, 1.54) is 32.1 Å². The maximum absolute atomic E-state index is 11.3. The van der Waals surface area contributed by atoms with Gasteiger partial charge in [0, 0.05) is 11.7 Å². The SMILES string of the molecule is CCC1CCC(Nc2ccc3c(c2)NC(=O)CO3)CC1. The Balaban J connectivity index is 1.64. The summed E-state index contributed by atoms with van der Waals surface area (Å²) in [4.78, 5) is 11.3. The van der Waals surface area contributed by atoms with E-state index >= 15 is 0 Å². The van der Waals surface area contributed by atoms with Crippen LogP contribution in [0, 0.1) is 5.92 Å². The summed E-state index contributed by atoms with van der Waals surface area (Å²) in [5, 5.41) is 6.43. The standard InChI is InChI=1S/C16H22N2O2/c1-2-11-3-5-12(6-4-11)17-13-7-8-15-14(9-13)18-16(19)10-20-15/h7-9,11-12,17H,2-6,10H2,1H3,(H,18,19). The first kappa shape index (κ1) is 13.3. The number of fused-ring (bicyclic) bond motifs is 1. The average Bonchev–Trinajstić information content (AvgIpc) is 2.47. The highest BCUT2D eigenvalue weighted by molar-refractivity contribution is 5.96. The fourth-order valence-electron chi connectivity index (χ4n) is 3.12. The van der Waals surface area contributed by atoms with Crippen molar-refractivity contribution in [2.24, 2.45) is 5.92 Å². The van der Waals surface area contributed by atoms with E-state index in [2.05, 4.69) is 17.6 Å². The molecule has 1 aromatic rings. The average molecular weight is 274 g/mol. The van der Waals surface area contributed by atoms with Gasteiger partial charge >= 0.3 is 0 Å². The van der Waals surface area contributed by atoms with Gasteiger partial charge in [0.15, 0.2) is 6.61 Å². The third kappa shape index (κ3) is 2.89. The summed E-state index contributed by atoms with van der Waals surface area (Å²) in [6, 6.07) is 6.48. The van der Waals surface area contributed by atoms with E-state index in [9.17, 15) is 4.79 Å². The first-order chi connectivity index (χ1) is 9.74. The van der Waals surface area contributed by atoms with Gasteiger partial charge in [0.05, 0.1) is 5.69 Å². The first-order valence-electron chi connectivity index (χ1n) is 7.58. The summed E-state index contributed by atoms with van der Waals surface area (Å²) >= 11 is 0. The summed E-state index contributed by atoms with van der Waals surface area (Å²) in [5.74, 6) is 1.58. The second-order valence-corrected chi connectivity index (χ2v) is 5.82. The molecular formula is C16H22N2O2. The topological polar surface area (TPSA) is 50.4 Å². The van der Waals surface area contributed by atoms with E-state index in [0.29, 0.717) is 6.04 Å². The molecule has 4 nitrogen and oxygen atoms in total. The van der Waals surface area contributed by atoms with Crippen LogP contribution in [0.5, 0.6) is 5.75 Å². The van der Waals surface area contributed by atoms with E-state index in [4.69, 9.17) is 4.74 Å². The fraction of sp³-hybridized carbons (Fsp3) is 0.562. The number of ether oxygens (including phenoxy) is 1. The molecule has 1 aliphatic carbocycles. The highest BCUT2D eigenvalue weighted by atomic mass is 16.5. The molecule has 1 aliphatic heterocycles. The normalized spacial score (nSPS) is 25.4. The van der Waals surface area contributed by atoms with Gasteiger partial charge in [0.25, 0.3) is 5.91 Å². The molecule has 1 fully saturated rings. The van der Waals surface area contributed by atoms with Crippen LogP contribution in [0.1, 0.15) is 39.0 Å². The zero-order valence-electron chi connectivity index (χ0n) is 11.9. The number of amides is 1. The number of hydrogen-bond acceptors (Lipinski definition) is 3. The second kappa shape index (κ2) is 5.73. The van der Waals surface area contributed by atoms with Gasteiger partial charge in [-0.3, -0.25) is 4.79 Å². The molecule has 0 radical (unpaired) electrons. The van der Waals surface area contributed by atoms with Crippen molar-refractivity contribution >= 4 is 17.3 Å². The number of rotatable bonds is 3. The lowest BCUT2D eigenvalue weighted by Crippen LogP contribution is -2.27. The van der Waals surface area contributed by atoms with Crippen molar-refractivity contribution in [2.75, 3.05) is 17.2 Å². The number of anilines is 2. The molecular weight excluding hydrogens is 252 g/mol. The maximum atomic E-state index is 11.3. The molecule has 0 aromatic heterocycles. The van der Waals surface area contributed by atoms with Crippen molar-refractivity contribution in [1.29, 1.82) is 0 Å². The van der Waals surface area contributed by atoms with E-state index in [0.717, 1.165) is 23.0 Å². The van der Waals surface area contributed by atoms with Crippen molar-refractivity contribution in [2.45, 2.75) is 45.1 Å². The Morgan fingerprint density at radius 2 is 2.10 bits per heavy atom. The molecule has 0 unspecified atom stereocenters. The molecule has 20 heavy (non-hydrogen) atoms. The van der Waals surface area contributed by atoms with E-state index in [-0.39, 0.29) is 12.5 Å². The Morgan fingerprint density at radius 1 is 1.30 bits per heavy atom. The van der Waals surface area contributed by atoms with Gasteiger partial charge in [-0.15, -0.1) is 0 Å². The monoisotopic (exact) mass is 274 g/mol. The molecule has 2 aliphatic rings. The van der Waals surface area contributed by atoms with Crippen LogP contribution in [0.2, 0.25) is 0 Å². The Hall–Kier alpha value is -1.71. The molecule has 108 valence electrons. The highest BCUT2D eigenvalue weighted by Gasteiger charge is 2.21. The summed E-state index contributed by atoms with van der Waals surface area (Å²) in [7, 11) is 0. The number of benzene rings is 1. The van der Waals surface area contributed by atoms with Gasteiger partial charge in [-0.25, -0.2) is 0 Å². The van der Waals surface area contributed by atoms with Gasteiger partial charge in [-0.05, 0) is 49.8 Å². The third-order valence-electron chi connectivity index (χ3n) is 4.41. The van der Waals surface area contributed by atoms with E-state index < -0.39 is 0 Å². The van der Waals surface area contributed by atoms with Gasteiger partial charge in [0.1, 0.15) is 5.75 Å².